The van der Waals surface area contributed by atoms with Gasteiger partial charge in [0, 0.05) is 43.0 Å². The first-order valence-corrected chi connectivity index (χ1v) is 9.78. The average molecular weight is 429 g/mol. The fourth-order valence-corrected chi connectivity index (χ4v) is 4.59. The van der Waals surface area contributed by atoms with E-state index in [1.54, 1.807) is 0 Å². The zero-order chi connectivity index (χ0) is 21.2. The van der Waals surface area contributed by atoms with Crippen LogP contribution in [0.3, 0.4) is 0 Å². The second-order valence-electron chi connectivity index (χ2n) is 8.28. The minimum atomic E-state index is -4.19. The van der Waals surface area contributed by atoms with Crippen molar-refractivity contribution in [1.29, 1.82) is 0 Å². The van der Waals surface area contributed by atoms with Gasteiger partial charge < -0.3 is 15.0 Å². The van der Waals surface area contributed by atoms with Crippen molar-refractivity contribution in [2.45, 2.75) is 37.6 Å². The number of nitrogens with zero attached hydrogens (tertiary/aromatic N) is 4. The summed E-state index contributed by atoms with van der Waals surface area (Å²) in [5.74, 6) is 1.23. The molecule has 3 heterocycles. The third-order valence-electron chi connectivity index (χ3n) is 6.05. The standard InChI is InChI=1S/C19H20F5N5O/c20-18(21)30-14-3-10(4-26-16(14)25)13-7-29(17(27-13)9-1-2-9)15-11-5-28(6-12(11)15)8-19(22,23)24/h3-4,7,9,11-12,15,18H,1-2,5-6,8H2,(H2,25,26)/t11-,12+,15-. The van der Waals surface area contributed by atoms with E-state index in [-0.39, 0.29) is 29.4 Å². The van der Waals surface area contributed by atoms with E-state index >= 15 is 0 Å². The number of fused-ring (bicyclic) bond motifs is 1. The van der Waals surface area contributed by atoms with E-state index in [4.69, 9.17) is 10.7 Å². The molecule has 2 aliphatic carbocycles. The second kappa shape index (κ2) is 6.79. The molecule has 2 N–H and O–H groups in total. The topological polar surface area (TPSA) is 69.2 Å². The molecule has 3 fully saturated rings. The van der Waals surface area contributed by atoms with Crippen molar-refractivity contribution in [3.63, 3.8) is 0 Å². The summed E-state index contributed by atoms with van der Waals surface area (Å²) in [6, 6.07) is 1.52. The van der Waals surface area contributed by atoms with Crippen LogP contribution < -0.4 is 10.5 Å². The molecular formula is C19H20F5N5O. The van der Waals surface area contributed by atoms with Gasteiger partial charge in [-0.25, -0.2) is 9.97 Å². The molecule has 6 nitrogen and oxygen atoms in total. The number of likely N-dealkylation sites (tertiary alicyclic amines) is 1. The third kappa shape index (κ3) is 3.70. The summed E-state index contributed by atoms with van der Waals surface area (Å²) in [6.45, 7) is -3.05. The van der Waals surface area contributed by atoms with E-state index in [0.29, 0.717) is 30.3 Å². The van der Waals surface area contributed by atoms with E-state index in [1.165, 1.54) is 17.2 Å². The predicted octanol–water partition coefficient (Wildman–Crippen LogP) is 3.67. The zero-order valence-electron chi connectivity index (χ0n) is 15.8. The number of nitrogens with two attached hydrogens (primary N) is 1. The number of hydrogen-bond donors (Lipinski definition) is 1. The molecule has 2 saturated carbocycles. The lowest BCUT2D eigenvalue weighted by molar-refractivity contribution is -0.144. The van der Waals surface area contributed by atoms with Crippen molar-refractivity contribution >= 4 is 5.82 Å². The van der Waals surface area contributed by atoms with Crippen molar-refractivity contribution in [2.24, 2.45) is 11.8 Å². The molecule has 0 spiro atoms. The summed E-state index contributed by atoms with van der Waals surface area (Å²) >= 11 is 0. The largest absolute Gasteiger partial charge is 0.431 e. The highest BCUT2D eigenvalue weighted by atomic mass is 19.4. The van der Waals surface area contributed by atoms with Crippen LogP contribution >= 0.6 is 0 Å². The van der Waals surface area contributed by atoms with Crippen molar-refractivity contribution in [2.75, 3.05) is 25.4 Å². The molecule has 30 heavy (non-hydrogen) atoms. The lowest BCUT2D eigenvalue weighted by Crippen LogP contribution is -2.34. The number of rotatable bonds is 6. The molecule has 1 aliphatic heterocycles. The summed E-state index contributed by atoms with van der Waals surface area (Å²) in [6.07, 6.45) is 1.14. The lowest BCUT2D eigenvalue weighted by atomic mass is 10.2. The van der Waals surface area contributed by atoms with Gasteiger partial charge in [0.25, 0.3) is 0 Å². The Morgan fingerprint density at radius 1 is 1.20 bits per heavy atom. The molecule has 162 valence electrons. The molecule has 1 saturated heterocycles. The van der Waals surface area contributed by atoms with Gasteiger partial charge in [0.15, 0.2) is 11.6 Å². The van der Waals surface area contributed by atoms with Crippen LogP contribution in [-0.4, -0.2) is 51.9 Å². The normalized spacial score (nSPS) is 26.3. The number of piperidine rings is 1. The van der Waals surface area contributed by atoms with E-state index in [0.717, 1.165) is 18.7 Å². The van der Waals surface area contributed by atoms with Gasteiger partial charge in [0.2, 0.25) is 0 Å². The summed E-state index contributed by atoms with van der Waals surface area (Å²) in [7, 11) is 0. The van der Waals surface area contributed by atoms with Crippen LogP contribution in [0.2, 0.25) is 0 Å². The van der Waals surface area contributed by atoms with Crippen LogP contribution in [0.5, 0.6) is 5.75 Å². The Morgan fingerprint density at radius 3 is 2.50 bits per heavy atom. The third-order valence-corrected chi connectivity index (χ3v) is 6.05. The molecule has 2 aromatic rings. The van der Waals surface area contributed by atoms with Gasteiger partial charge >= 0.3 is 12.8 Å². The first kappa shape index (κ1) is 19.5. The van der Waals surface area contributed by atoms with Crippen LogP contribution in [-0.2, 0) is 0 Å². The SMILES string of the molecule is Nc1ncc(-c2cn([C@@H]3[C@@H]4CN(CC(F)(F)F)C[C@@H]43)c(C3CC3)n2)cc1OC(F)F. The Morgan fingerprint density at radius 2 is 1.90 bits per heavy atom. The fraction of sp³-hybridized carbons (Fsp3) is 0.579. The summed E-state index contributed by atoms with van der Waals surface area (Å²) in [4.78, 5) is 10.1. The Hall–Kier alpha value is -2.43. The molecule has 5 rings (SSSR count). The number of ether oxygens (including phenoxy) is 1. The average Bonchev–Trinajstić information content (AvgIpc) is 3.51. The van der Waals surface area contributed by atoms with Gasteiger partial charge in [0.1, 0.15) is 5.82 Å². The van der Waals surface area contributed by atoms with Gasteiger partial charge in [-0.05, 0) is 30.7 Å². The van der Waals surface area contributed by atoms with Gasteiger partial charge in [-0.15, -0.1) is 0 Å². The molecular weight excluding hydrogens is 409 g/mol. The number of pyridine rings is 1. The number of halogens is 5. The number of anilines is 1. The summed E-state index contributed by atoms with van der Waals surface area (Å²) < 4.78 is 69.6. The van der Waals surface area contributed by atoms with Gasteiger partial charge in [-0.1, -0.05) is 0 Å². The van der Waals surface area contributed by atoms with Crippen LogP contribution in [0.15, 0.2) is 18.5 Å². The molecule has 0 bridgehead atoms. The Bertz CT molecular complexity index is 945. The molecule has 3 atom stereocenters. The first-order chi connectivity index (χ1) is 14.2. The maximum Gasteiger partial charge on any atom is 0.401 e. The number of aromatic nitrogens is 3. The minimum Gasteiger partial charge on any atom is -0.431 e. The van der Waals surface area contributed by atoms with Crippen molar-refractivity contribution in [3.8, 4) is 17.0 Å². The van der Waals surface area contributed by atoms with Crippen LogP contribution in [0.4, 0.5) is 27.8 Å². The van der Waals surface area contributed by atoms with E-state index < -0.39 is 19.3 Å². The maximum absolute atomic E-state index is 12.7. The Kier molecular flexibility index (Phi) is 4.42. The minimum absolute atomic E-state index is 0.129. The van der Waals surface area contributed by atoms with Gasteiger partial charge in [-0.3, -0.25) is 4.90 Å². The molecule has 0 amide bonds. The summed E-state index contributed by atoms with van der Waals surface area (Å²) in [5, 5.41) is 0. The van der Waals surface area contributed by atoms with Crippen LogP contribution in [0.1, 0.15) is 30.6 Å². The lowest BCUT2D eigenvalue weighted by Gasteiger charge is -2.21. The number of hydrogen-bond acceptors (Lipinski definition) is 5. The monoisotopic (exact) mass is 429 g/mol. The first-order valence-electron chi connectivity index (χ1n) is 9.78. The number of imidazole rings is 1. The van der Waals surface area contributed by atoms with Gasteiger partial charge in [-0.2, -0.15) is 22.0 Å². The summed E-state index contributed by atoms with van der Waals surface area (Å²) in [5.41, 5.74) is 6.68. The Balaban J connectivity index is 1.38. The molecule has 3 aliphatic rings. The van der Waals surface area contributed by atoms with E-state index in [1.807, 2.05) is 6.20 Å². The van der Waals surface area contributed by atoms with E-state index in [9.17, 15) is 22.0 Å². The van der Waals surface area contributed by atoms with Crippen LogP contribution in [0.25, 0.3) is 11.3 Å². The highest BCUT2D eigenvalue weighted by Crippen LogP contribution is 2.57. The molecule has 0 aromatic carbocycles. The highest BCUT2D eigenvalue weighted by molar-refractivity contribution is 5.64. The second-order valence-corrected chi connectivity index (χ2v) is 8.28. The molecule has 2 aromatic heterocycles. The van der Waals surface area contributed by atoms with Crippen molar-refractivity contribution in [1.82, 2.24) is 19.4 Å². The van der Waals surface area contributed by atoms with E-state index in [2.05, 4.69) is 14.3 Å². The molecule has 0 radical (unpaired) electrons. The quantitative estimate of drug-likeness (QED) is 0.710. The smallest absolute Gasteiger partial charge is 0.401 e. The number of nitrogen functional groups attached to an aromatic ring is 1. The predicted molar refractivity (Wildman–Crippen MR) is 97.0 cm³/mol. The maximum atomic E-state index is 12.7. The molecule has 11 heteroatoms. The Labute approximate surface area is 168 Å². The van der Waals surface area contributed by atoms with Crippen molar-refractivity contribution in [3.05, 3.63) is 24.3 Å². The van der Waals surface area contributed by atoms with Gasteiger partial charge in [0.05, 0.1) is 12.2 Å². The zero-order valence-corrected chi connectivity index (χ0v) is 15.8. The highest BCUT2D eigenvalue weighted by Gasteiger charge is 2.58. The number of alkyl halides is 5. The van der Waals surface area contributed by atoms with Crippen molar-refractivity contribution < 1.29 is 26.7 Å². The fourth-order valence-electron chi connectivity index (χ4n) is 4.59. The molecule has 0 unspecified atom stereocenters. The van der Waals surface area contributed by atoms with Crippen LogP contribution in [0, 0.1) is 11.8 Å².